The second-order valence-corrected chi connectivity index (χ2v) is 9.56. The lowest BCUT2D eigenvalue weighted by molar-refractivity contribution is -0.121. The molecule has 1 fully saturated rings. The molecule has 0 aliphatic carbocycles. The number of para-hydroxylation sites is 1. The van der Waals surface area contributed by atoms with Crippen LogP contribution in [0.1, 0.15) is 17.5 Å². The standard InChI is InChI=1S/C24H26N2O5S/c1-32(30,31)26-16-14-25(15-17-26)24-5-3-2-4-20(24)9-13-23(29)18-22(28)12-8-19-6-10-21(27)11-7-19/h2-13,27H,14-18H2,1H3. The Bertz CT molecular complexity index is 1130. The van der Waals surface area contributed by atoms with E-state index < -0.39 is 10.0 Å². The molecule has 0 amide bonds. The van der Waals surface area contributed by atoms with Gasteiger partial charge in [-0.05, 0) is 47.6 Å². The number of carbonyl (C=O) groups excluding carboxylic acids is 2. The summed E-state index contributed by atoms with van der Waals surface area (Å²) >= 11 is 0. The van der Waals surface area contributed by atoms with Crippen LogP contribution in [0.2, 0.25) is 0 Å². The normalized spacial score (nSPS) is 15.5. The number of hydrogen-bond acceptors (Lipinski definition) is 6. The van der Waals surface area contributed by atoms with Crippen LogP contribution < -0.4 is 4.90 Å². The smallest absolute Gasteiger partial charge is 0.211 e. The van der Waals surface area contributed by atoms with Gasteiger partial charge in [-0.25, -0.2) is 8.42 Å². The highest BCUT2D eigenvalue weighted by atomic mass is 32.2. The molecule has 0 aromatic heterocycles. The van der Waals surface area contributed by atoms with Crippen molar-refractivity contribution in [3.05, 3.63) is 71.8 Å². The van der Waals surface area contributed by atoms with E-state index in [1.54, 1.807) is 24.3 Å². The fourth-order valence-electron chi connectivity index (χ4n) is 3.42. The predicted octanol–water partition coefficient (Wildman–Crippen LogP) is 2.73. The van der Waals surface area contributed by atoms with Crippen LogP contribution in [0.25, 0.3) is 12.2 Å². The van der Waals surface area contributed by atoms with Crippen molar-refractivity contribution in [2.45, 2.75) is 6.42 Å². The number of nitrogens with zero attached hydrogens (tertiary/aromatic N) is 2. The van der Waals surface area contributed by atoms with E-state index >= 15 is 0 Å². The topological polar surface area (TPSA) is 95.0 Å². The Morgan fingerprint density at radius 2 is 1.50 bits per heavy atom. The number of anilines is 1. The van der Waals surface area contributed by atoms with E-state index in [4.69, 9.17) is 0 Å². The van der Waals surface area contributed by atoms with Gasteiger partial charge in [0.15, 0.2) is 11.6 Å². The van der Waals surface area contributed by atoms with E-state index in [2.05, 4.69) is 4.90 Å². The van der Waals surface area contributed by atoms with Crippen molar-refractivity contribution in [2.24, 2.45) is 0 Å². The lowest BCUT2D eigenvalue weighted by atomic mass is 10.1. The summed E-state index contributed by atoms with van der Waals surface area (Å²) in [5.74, 6) is -0.466. The SMILES string of the molecule is CS(=O)(=O)N1CCN(c2ccccc2C=CC(=O)CC(=O)C=Cc2ccc(O)cc2)CC1. The third-order valence-corrected chi connectivity index (χ3v) is 6.44. The molecule has 8 heteroatoms. The Kier molecular flexibility index (Phi) is 7.61. The van der Waals surface area contributed by atoms with Crippen molar-refractivity contribution in [1.82, 2.24) is 4.31 Å². The molecule has 2 aromatic rings. The van der Waals surface area contributed by atoms with Gasteiger partial charge in [-0.3, -0.25) is 9.59 Å². The number of phenols is 1. The van der Waals surface area contributed by atoms with Crippen LogP contribution in [0.3, 0.4) is 0 Å². The van der Waals surface area contributed by atoms with Crippen LogP contribution in [-0.4, -0.2) is 61.8 Å². The number of rotatable bonds is 8. The summed E-state index contributed by atoms with van der Waals surface area (Å²) in [7, 11) is -3.20. The molecule has 0 atom stereocenters. The summed E-state index contributed by atoms with van der Waals surface area (Å²) in [5.41, 5.74) is 2.51. The van der Waals surface area contributed by atoms with Gasteiger partial charge in [-0.1, -0.05) is 36.4 Å². The molecule has 1 aliphatic heterocycles. The number of allylic oxidation sites excluding steroid dienone is 2. The van der Waals surface area contributed by atoms with Gasteiger partial charge >= 0.3 is 0 Å². The van der Waals surface area contributed by atoms with Gasteiger partial charge in [0.1, 0.15) is 5.75 Å². The first kappa shape index (κ1) is 23.4. The zero-order valence-electron chi connectivity index (χ0n) is 17.8. The van der Waals surface area contributed by atoms with E-state index in [1.165, 1.54) is 34.8 Å². The first-order valence-corrected chi connectivity index (χ1v) is 12.1. The maximum atomic E-state index is 12.3. The fraction of sp³-hybridized carbons (Fsp3) is 0.250. The second kappa shape index (κ2) is 10.4. The molecule has 3 rings (SSSR count). The van der Waals surface area contributed by atoms with Gasteiger partial charge in [0.2, 0.25) is 10.0 Å². The Labute approximate surface area is 188 Å². The summed E-state index contributed by atoms with van der Waals surface area (Å²) in [4.78, 5) is 26.4. The van der Waals surface area contributed by atoms with E-state index in [9.17, 15) is 23.1 Å². The monoisotopic (exact) mass is 454 g/mol. The molecule has 168 valence electrons. The molecule has 1 aliphatic rings. The number of ketones is 2. The van der Waals surface area contributed by atoms with Gasteiger partial charge in [0.25, 0.3) is 0 Å². The van der Waals surface area contributed by atoms with Gasteiger partial charge in [-0.15, -0.1) is 0 Å². The average molecular weight is 455 g/mol. The molecular formula is C24H26N2O5S. The van der Waals surface area contributed by atoms with Crippen LogP contribution in [-0.2, 0) is 19.6 Å². The number of benzene rings is 2. The summed E-state index contributed by atoms with van der Waals surface area (Å²) in [6.07, 6.45) is 7.03. The predicted molar refractivity (Wildman–Crippen MR) is 126 cm³/mol. The van der Waals surface area contributed by atoms with E-state index in [0.717, 1.165) is 16.8 Å². The van der Waals surface area contributed by atoms with Crippen LogP contribution in [0.4, 0.5) is 5.69 Å². The first-order valence-electron chi connectivity index (χ1n) is 10.2. The number of hydrogen-bond donors (Lipinski definition) is 1. The minimum absolute atomic E-state index is 0.145. The van der Waals surface area contributed by atoms with Crippen LogP contribution >= 0.6 is 0 Å². The average Bonchev–Trinajstić information content (AvgIpc) is 2.77. The zero-order chi connectivity index (χ0) is 23.1. The molecule has 0 spiro atoms. The first-order chi connectivity index (χ1) is 15.2. The largest absolute Gasteiger partial charge is 0.508 e. The lowest BCUT2D eigenvalue weighted by Crippen LogP contribution is -2.48. The minimum Gasteiger partial charge on any atom is -0.508 e. The Morgan fingerprint density at radius 3 is 2.12 bits per heavy atom. The summed E-state index contributed by atoms with van der Waals surface area (Å²) in [5, 5.41) is 9.28. The van der Waals surface area contributed by atoms with Crippen molar-refractivity contribution in [3.63, 3.8) is 0 Å². The third-order valence-electron chi connectivity index (χ3n) is 5.14. The number of phenolic OH excluding ortho intramolecular Hbond substituents is 1. The molecule has 1 saturated heterocycles. The van der Waals surface area contributed by atoms with Gasteiger partial charge in [0, 0.05) is 31.9 Å². The summed E-state index contributed by atoms with van der Waals surface area (Å²) < 4.78 is 24.9. The molecule has 7 nitrogen and oxygen atoms in total. The molecule has 1 heterocycles. The highest BCUT2D eigenvalue weighted by molar-refractivity contribution is 7.88. The minimum atomic E-state index is -3.20. The lowest BCUT2D eigenvalue weighted by Gasteiger charge is -2.35. The Balaban J connectivity index is 1.60. The molecular weight excluding hydrogens is 428 g/mol. The number of piperazine rings is 1. The molecule has 32 heavy (non-hydrogen) atoms. The molecule has 0 bridgehead atoms. The molecule has 2 aromatic carbocycles. The van der Waals surface area contributed by atoms with Crippen LogP contribution in [0.15, 0.2) is 60.7 Å². The van der Waals surface area contributed by atoms with E-state index in [0.29, 0.717) is 26.2 Å². The van der Waals surface area contributed by atoms with Gasteiger partial charge in [-0.2, -0.15) is 4.31 Å². The zero-order valence-corrected chi connectivity index (χ0v) is 18.7. The van der Waals surface area contributed by atoms with Crippen molar-refractivity contribution in [2.75, 3.05) is 37.3 Å². The van der Waals surface area contributed by atoms with E-state index in [1.807, 2.05) is 24.3 Å². The molecule has 0 saturated carbocycles. The van der Waals surface area contributed by atoms with Crippen molar-refractivity contribution in [1.29, 1.82) is 0 Å². The van der Waals surface area contributed by atoms with Crippen LogP contribution in [0.5, 0.6) is 5.75 Å². The van der Waals surface area contributed by atoms with Crippen LogP contribution in [0, 0.1) is 0 Å². The second-order valence-electron chi connectivity index (χ2n) is 7.58. The van der Waals surface area contributed by atoms with E-state index in [-0.39, 0.29) is 23.7 Å². The maximum absolute atomic E-state index is 12.3. The van der Waals surface area contributed by atoms with Gasteiger partial charge < -0.3 is 10.0 Å². The Hall–Kier alpha value is -3.23. The van der Waals surface area contributed by atoms with Crippen molar-refractivity contribution < 1.29 is 23.1 Å². The molecule has 0 radical (unpaired) electrons. The van der Waals surface area contributed by atoms with Gasteiger partial charge in [0.05, 0.1) is 12.7 Å². The highest BCUT2D eigenvalue weighted by Crippen LogP contribution is 2.23. The number of carbonyl (C=O) groups is 2. The quantitative estimate of drug-likeness (QED) is 0.487. The van der Waals surface area contributed by atoms with Crippen molar-refractivity contribution in [3.8, 4) is 5.75 Å². The fourth-order valence-corrected chi connectivity index (χ4v) is 4.25. The molecule has 0 unspecified atom stereocenters. The van der Waals surface area contributed by atoms with Crippen molar-refractivity contribution >= 4 is 39.4 Å². The molecule has 1 N–H and O–H groups in total. The number of aromatic hydroxyl groups is 1. The number of sulfonamides is 1. The maximum Gasteiger partial charge on any atom is 0.211 e. The highest BCUT2D eigenvalue weighted by Gasteiger charge is 2.24. The summed E-state index contributed by atoms with van der Waals surface area (Å²) in [6, 6.07) is 14.0. The Morgan fingerprint density at radius 1 is 0.906 bits per heavy atom. The summed E-state index contributed by atoms with van der Waals surface area (Å²) in [6.45, 7) is 1.95. The third kappa shape index (κ3) is 6.63.